The lowest BCUT2D eigenvalue weighted by molar-refractivity contribution is 0.213. The third kappa shape index (κ3) is 8.26. The highest BCUT2D eigenvalue weighted by Gasteiger charge is 2.28. The van der Waals surface area contributed by atoms with Crippen LogP contribution in [0.5, 0.6) is 0 Å². The molecule has 61 heavy (non-hydrogen) atoms. The summed E-state index contributed by atoms with van der Waals surface area (Å²) < 4.78 is 8.47. The summed E-state index contributed by atoms with van der Waals surface area (Å²) in [5, 5.41) is 16.6. The standard InChI is InChI=1S/C48H61N13/c1-10-60-43(22-30(4)55-60)34(8)51-47-53-41-26-38(32(6)49)24-36-14-16-40(57-21-18-29(3)28-57)17-15-37-25-39(33(7)50)27-42-46(37)59(20-13-12-19-58(47)45(36)41)48(54-42)52-35(9)44-23-31(5)56-61(44)11-2/h12-13,22-27,29,40H,6-11,14-21,28,49-50H2,1-5H3,(H,51,53)(H,52,54)/b13-12+. The van der Waals surface area contributed by atoms with E-state index in [1.807, 2.05) is 23.2 Å². The van der Waals surface area contributed by atoms with E-state index < -0.39 is 0 Å². The summed E-state index contributed by atoms with van der Waals surface area (Å²) in [5.74, 6) is 2.06. The highest BCUT2D eigenvalue weighted by molar-refractivity contribution is 5.89. The number of rotatable bonds is 11. The Hall–Kier alpha value is -6.34. The molecule has 0 amide bonds. The predicted octanol–water partition coefficient (Wildman–Crippen LogP) is 8.31. The van der Waals surface area contributed by atoms with Crippen LogP contribution in [0, 0.1) is 19.8 Å². The number of nitrogens with two attached hydrogens (primary N) is 2. The molecule has 0 spiro atoms. The Morgan fingerprint density at radius 2 is 1.15 bits per heavy atom. The maximum atomic E-state index is 6.42. The Morgan fingerprint density at radius 3 is 1.54 bits per heavy atom. The molecule has 318 valence electrons. The molecule has 4 aromatic heterocycles. The quantitative estimate of drug-likeness (QED) is 0.0947. The smallest absolute Gasteiger partial charge is 0.208 e. The van der Waals surface area contributed by atoms with Gasteiger partial charge in [-0.1, -0.05) is 45.4 Å². The van der Waals surface area contributed by atoms with E-state index in [4.69, 9.17) is 21.4 Å². The number of allylic oxidation sites excluding steroid dienone is 2. The minimum atomic E-state index is 0.338. The average Bonchev–Trinajstić information content (AvgIpc) is 4.06. The lowest BCUT2D eigenvalue weighted by Crippen LogP contribution is -2.34. The van der Waals surface area contributed by atoms with Gasteiger partial charge in [-0.25, -0.2) is 9.97 Å². The van der Waals surface area contributed by atoms with E-state index in [2.05, 4.69) is 131 Å². The van der Waals surface area contributed by atoms with Crippen molar-refractivity contribution in [1.82, 2.24) is 43.6 Å². The zero-order valence-corrected chi connectivity index (χ0v) is 36.6. The minimum absolute atomic E-state index is 0.338. The van der Waals surface area contributed by atoms with Gasteiger partial charge < -0.3 is 36.1 Å². The number of benzene rings is 2. The molecule has 6 heterocycles. The summed E-state index contributed by atoms with van der Waals surface area (Å²) in [6.07, 6.45) is 9.25. The SMILES string of the molecule is C=C(N)c1cc2c3c(c1)nc(NC(=C)c1cc(C)nn1CC)n3C/C=C/Cn1c(NC(=C)c3cc(C)nn3CC)nc3cc(C(=C)N)cc(c31)CCC(N1CCC(C)C1)CC2. The second-order valence-electron chi connectivity index (χ2n) is 16.9. The Kier molecular flexibility index (Phi) is 11.5. The second-order valence-corrected chi connectivity index (χ2v) is 16.9. The summed E-state index contributed by atoms with van der Waals surface area (Å²) in [6.45, 7) is 32.5. The van der Waals surface area contributed by atoms with Crippen molar-refractivity contribution in [3.05, 3.63) is 120 Å². The molecular formula is C48H61N13. The van der Waals surface area contributed by atoms with Crippen molar-refractivity contribution in [2.75, 3.05) is 23.7 Å². The van der Waals surface area contributed by atoms with Crippen molar-refractivity contribution >= 4 is 56.8 Å². The van der Waals surface area contributed by atoms with E-state index in [0.717, 1.165) is 119 Å². The molecule has 1 unspecified atom stereocenters. The van der Waals surface area contributed by atoms with Gasteiger partial charge in [0.25, 0.3) is 0 Å². The fourth-order valence-electron chi connectivity index (χ4n) is 9.28. The van der Waals surface area contributed by atoms with Gasteiger partial charge >= 0.3 is 0 Å². The third-order valence-corrected chi connectivity index (χ3v) is 12.3. The summed E-state index contributed by atoms with van der Waals surface area (Å²) in [5.41, 5.74) is 27.1. The van der Waals surface area contributed by atoms with E-state index in [1.165, 1.54) is 17.5 Å². The summed E-state index contributed by atoms with van der Waals surface area (Å²) in [4.78, 5) is 13.2. The van der Waals surface area contributed by atoms with E-state index in [1.54, 1.807) is 0 Å². The molecule has 6 N–H and O–H groups in total. The number of likely N-dealkylation sites (tertiary alicyclic amines) is 1. The molecule has 0 aliphatic carbocycles. The molecule has 2 aliphatic rings. The highest BCUT2D eigenvalue weighted by Crippen LogP contribution is 2.34. The number of imidazole rings is 2. The average molecular weight is 820 g/mol. The molecule has 1 atom stereocenters. The molecule has 2 aliphatic heterocycles. The first kappa shape index (κ1) is 41.4. The van der Waals surface area contributed by atoms with Crippen LogP contribution in [0.2, 0.25) is 0 Å². The lowest BCUT2D eigenvalue weighted by Gasteiger charge is -2.28. The van der Waals surface area contributed by atoms with Gasteiger partial charge in [0.15, 0.2) is 0 Å². The van der Waals surface area contributed by atoms with Crippen LogP contribution >= 0.6 is 0 Å². The maximum Gasteiger partial charge on any atom is 0.208 e. The molecule has 13 heteroatoms. The van der Waals surface area contributed by atoms with Gasteiger partial charge in [0.2, 0.25) is 11.9 Å². The number of aromatic nitrogens is 8. The van der Waals surface area contributed by atoms with E-state index in [-0.39, 0.29) is 0 Å². The van der Waals surface area contributed by atoms with Crippen LogP contribution in [0.15, 0.2) is 74.9 Å². The zero-order valence-electron chi connectivity index (χ0n) is 36.6. The lowest BCUT2D eigenvalue weighted by atomic mass is 9.94. The molecule has 6 aromatic rings. The van der Waals surface area contributed by atoms with E-state index in [9.17, 15) is 0 Å². The molecule has 13 nitrogen and oxygen atoms in total. The first-order chi connectivity index (χ1) is 29.3. The second kappa shape index (κ2) is 17.0. The van der Waals surface area contributed by atoms with Crippen LogP contribution in [0.3, 0.4) is 0 Å². The fourth-order valence-corrected chi connectivity index (χ4v) is 9.28. The summed E-state index contributed by atoms with van der Waals surface area (Å²) in [6, 6.07) is 13.0. The molecule has 0 radical (unpaired) electrons. The summed E-state index contributed by atoms with van der Waals surface area (Å²) in [7, 11) is 0. The zero-order chi connectivity index (χ0) is 43.1. The highest BCUT2D eigenvalue weighted by atomic mass is 15.3. The number of nitrogens with one attached hydrogen (secondary N) is 2. The van der Waals surface area contributed by atoms with E-state index >= 15 is 0 Å². The Labute approximate surface area is 359 Å². The monoisotopic (exact) mass is 820 g/mol. The number of aryl methyl sites for hydroxylation is 6. The third-order valence-electron chi connectivity index (χ3n) is 12.3. The van der Waals surface area contributed by atoms with Crippen LogP contribution < -0.4 is 22.1 Å². The molecule has 0 saturated carbocycles. The number of hydrogen-bond donors (Lipinski definition) is 4. The Morgan fingerprint density at radius 1 is 0.689 bits per heavy atom. The van der Waals surface area contributed by atoms with Crippen molar-refractivity contribution in [3.8, 4) is 0 Å². The van der Waals surface area contributed by atoms with E-state index in [0.29, 0.717) is 48.3 Å². The Balaban J connectivity index is 1.27. The number of hydrogen-bond acceptors (Lipinski definition) is 9. The normalized spacial score (nSPS) is 17.0. The molecular weight excluding hydrogens is 759 g/mol. The number of nitrogens with zero attached hydrogens (tertiary/aromatic N) is 9. The van der Waals surface area contributed by atoms with Crippen molar-refractivity contribution in [2.24, 2.45) is 17.4 Å². The van der Waals surface area contributed by atoms with Crippen LogP contribution in [0.25, 0.3) is 44.9 Å². The first-order valence-electron chi connectivity index (χ1n) is 21.7. The van der Waals surface area contributed by atoms with Gasteiger partial charge in [0, 0.05) is 50.2 Å². The van der Waals surface area contributed by atoms with Gasteiger partial charge in [-0.15, -0.1) is 0 Å². The fraction of sp³-hybridized carbons (Fsp3) is 0.375. The van der Waals surface area contributed by atoms with Gasteiger partial charge in [-0.3, -0.25) is 9.36 Å². The predicted molar refractivity (Wildman–Crippen MR) is 251 cm³/mol. The Bertz CT molecular complexity index is 2540. The van der Waals surface area contributed by atoms with Crippen molar-refractivity contribution in [2.45, 2.75) is 98.9 Å². The van der Waals surface area contributed by atoms with Gasteiger partial charge in [-0.2, -0.15) is 10.2 Å². The van der Waals surface area contributed by atoms with Crippen LogP contribution in [0.4, 0.5) is 11.9 Å². The van der Waals surface area contributed by atoms with Crippen molar-refractivity contribution in [3.63, 3.8) is 0 Å². The topological polar surface area (TPSA) is 151 Å². The van der Waals surface area contributed by atoms with Crippen LogP contribution in [-0.2, 0) is 39.0 Å². The van der Waals surface area contributed by atoms with Crippen LogP contribution in [0.1, 0.15) is 85.1 Å². The minimum Gasteiger partial charge on any atom is -0.399 e. The van der Waals surface area contributed by atoms with Gasteiger partial charge in [0.1, 0.15) is 0 Å². The van der Waals surface area contributed by atoms with Gasteiger partial charge in [0.05, 0.1) is 56.2 Å². The first-order valence-corrected chi connectivity index (χ1v) is 21.7. The largest absolute Gasteiger partial charge is 0.399 e. The maximum absolute atomic E-state index is 6.42. The summed E-state index contributed by atoms with van der Waals surface area (Å²) >= 11 is 0. The molecule has 1 saturated heterocycles. The number of anilines is 2. The van der Waals surface area contributed by atoms with Gasteiger partial charge in [-0.05, 0) is 131 Å². The van der Waals surface area contributed by atoms with Crippen LogP contribution in [-0.4, -0.2) is 62.7 Å². The molecule has 8 rings (SSSR count). The molecule has 1 fully saturated rings. The van der Waals surface area contributed by atoms with Crippen molar-refractivity contribution < 1.29 is 0 Å². The van der Waals surface area contributed by atoms with Crippen molar-refractivity contribution in [1.29, 1.82) is 0 Å². The molecule has 0 bridgehead atoms. The molecule has 2 aromatic carbocycles.